The lowest BCUT2D eigenvalue weighted by molar-refractivity contribution is 0.238. The van der Waals surface area contributed by atoms with Crippen LogP contribution in [-0.4, -0.2) is 46.3 Å². The highest BCUT2D eigenvalue weighted by molar-refractivity contribution is 5.55. The molecule has 0 atom stereocenters. The van der Waals surface area contributed by atoms with Gasteiger partial charge in [-0.25, -0.2) is 4.98 Å². The Labute approximate surface area is 112 Å². The van der Waals surface area contributed by atoms with Gasteiger partial charge in [-0.1, -0.05) is 0 Å². The van der Waals surface area contributed by atoms with E-state index in [4.69, 9.17) is 4.74 Å². The van der Waals surface area contributed by atoms with Crippen LogP contribution in [0.3, 0.4) is 0 Å². The lowest BCUT2D eigenvalue weighted by Gasteiger charge is -2.14. The van der Waals surface area contributed by atoms with Gasteiger partial charge in [0.25, 0.3) is 0 Å². The van der Waals surface area contributed by atoms with E-state index in [-0.39, 0.29) is 0 Å². The number of aromatic amines is 1. The highest BCUT2D eigenvalue weighted by Crippen LogP contribution is 2.18. The van der Waals surface area contributed by atoms with E-state index in [1.54, 1.807) is 0 Å². The van der Waals surface area contributed by atoms with Gasteiger partial charge < -0.3 is 4.74 Å². The molecule has 0 radical (unpaired) electrons. The van der Waals surface area contributed by atoms with Crippen molar-refractivity contribution >= 4 is 0 Å². The quantitative estimate of drug-likeness (QED) is 0.890. The number of hydrogen-bond donors (Lipinski definition) is 1. The molecule has 1 saturated heterocycles. The van der Waals surface area contributed by atoms with Crippen LogP contribution in [0.15, 0.2) is 30.6 Å². The smallest absolute Gasteiger partial charge is 0.155 e. The first kappa shape index (κ1) is 12.2. The maximum absolute atomic E-state index is 5.75. The van der Waals surface area contributed by atoms with Crippen molar-refractivity contribution in [3.8, 4) is 17.1 Å². The first-order valence-electron chi connectivity index (χ1n) is 6.73. The zero-order valence-electron chi connectivity index (χ0n) is 10.9. The average Bonchev–Trinajstić information content (AvgIpc) is 3.13. The van der Waals surface area contributed by atoms with E-state index in [2.05, 4.69) is 20.1 Å². The number of nitrogens with one attached hydrogen (secondary N) is 1. The van der Waals surface area contributed by atoms with Crippen molar-refractivity contribution in [1.29, 1.82) is 0 Å². The van der Waals surface area contributed by atoms with Crippen LogP contribution in [0.2, 0.25) is 0 Å². The zero-order chi connectivity index (χ0) is 12.9. The van der Waals surface area contributed by atoms with Crippen molar-refractivity contribution < 1.29 is 4.74 Å². The van der Waals surface area contributed by atoms with Gasteiger partial charge in [0.15, 0.2) is 5.82 Å². The number of nitrogens with zero attached hydrogens (tertiary/aromatic N) is 3. The molecule has 1 aliphatic heterocycles. The van der Waals surface area contributed by atoms with Crippen LogP contribution in [0.5, 0.6) is 5.75 Å². The minimum absolute atomic E-state index is 0.752. The third-order valence-electron chi connectivity index (χ3n) is 3.42. The molecule has 5 nitrogen and oxygen atoms in total. The van der Waals surface area contributed by atoms with Gasteiger partial charge in [-0.2, -0.15) is 5.10 Å². The lowest BCUT2D eigenvalue weighted by atomic mass is 10.2. The van der Waals surface area contributed by atoms with E-state index in [1.807, 2.05) is 24.3 Å². The van der Waals surface area contributed by atoms with Crippen molar-refractivity contribution in [2.75, 3.05) is 26.2 Å². The molecule has 2 heterocycles. The van der Waals surface area contributed by atoms with E-state index in [0.29, 0.717) is 0 Å². The number of aromatic nitrogens is 3. The molecule has 100 valence electrons. The summed E-state index contributed by atoms with van der Waals surface area (Å²) in [6, 6.07) is 7.93. The van der Waals surface area contributed by atoms with Crippen LogP contribution in [0.1, 0.15) is 12.8 Å². The number of hydrogen-bond acceptors (Lipinski definition) is 4. The zero-order valence-corrected chi connectivity index (χ0v) is 10.9. The van der Waals surface area contributed by atoms with Crippen LogP contribution < -0.4 is 4.74 Å². The number of benzene rings is 1. The molecule has 1 aromatic heterocycles. The fraction of sp³-hybridized carbons (Fsp3) is 0.429. The second kappa shape index (κ2) is 5.84. The number of likely N-dealkylation sites (tertiary alicyclic amines) is 1. The van der Waals surface area contributed by atoms with Crippen molar-refractivity contribution in [2.24, 2.45) is 0 Å². The lowest BCUT2D eigenvalue weighted by Crippen LogP contribution is -2.25. The summed E-state index contributed by atoms with van der Waals surface area (Å²) in [5.41, 5.74) is 1.02. The molecule has 1 aliphatic rings. The molecule has 0 spiro atoms. The van der Waals surface area contributed by atoms with Crippen LogP contribution in [0, 0.1) is 0 Å². The normalized spacial score (nSPS) is 15.8. The Balaban J connectivity index is 1.51. The van der Waals surface area contributed by atoms with E-state index in [9.17, 15) is 0 Å². The summed E-state index contributed by atoms with van der Waals surface area (Å²) in [6.45, 7) is 4.20. The molecule has 2 aromatic rings. The van der Waals surface area contributed by atoms with Crippen molar-refractivity contribution in [3.05, 3.63) is 30.6 Å². The van der Waals surface area contributed by atoms with Crippen molar-refractivity contribution in [3.63, 3.8) is 0 Å². The monoisotopic (exact) mass is 258 g/mol. The van der Waals surface area contributed by atoms with E-state index >= 15 is 0 Å². The van der Waals surface area contributed by atoms with Gasteiger partial charge in [0.1, 0.15) is 18.7 Å². The molecular weight excluding hydrogens is 240 g/mol. The molecule has 19 heavy (non-hydrogen) atoms. The predicted molar refractivity (Wildman–Crippen MR) is 73.0 cm³/mol. The largest absolute Gasteiger partial charge is 0.492 e. The third-order valence-corrected chi connectivity index (χ3v) is 3.42. The Kier molecular flexibility index (Phi) is 3.74. The van der Waals surface area contributed by atoms with Crippen molar-refractivity contribution in [2.45, 2.75) is 12.8 Å². The van der Waals surface area contributed by atoms with Gasteiger partial charge in [-0.15, -0.1) is 0 Å². The predicted octanol–water partition coefficient (Wildman–Crippen LogP) is 1.95. The highest BCUT2D eigenvalue weighted by Gasteiger charge is 2.10. The standard InChI is InChI=1S/C14H18N4O/c1-2-8-18(7-1)9-10-19-13-5-3-12(4-6-13)14-15-11-16-17-14/h3-6,11H,1-2,7-10H2,(H,15,16,17). The van der Waals surface area contributed by atoms with Gasteiger partial charge in [-0.05, 0) is 50.2 Å². The second-order valence-corrected chi connectivity index (χ2v) is 4.76. The summed E-state index contributed by atoms with van der Waals surface area (Å²) in [6.07, 6.45) is 4.16. The van der Waals surface area contributed by atoms with Gasteiger partial charge >= 0.3 is 0 Å². The number of rotatable bonds is 5. The minimum atomic E-state index is 0.752. The Morgan fingerprint density at radius 3 is 2.63 bits per heavy atom. The van der Waals surface area contributed by atoms with Gasteiger partial charge in [0, 0.05) is 12.1 Å². The highest BCUT2D eigenvalue weighted by atomic mass is 16.5. The summed E-state index contributed by atoms with van der Waals surface area (Å²) in [7, 11) is 0. The summed E-state index contributed by atoms with van der Waals surface area (Å²) in [4.78, 5) is 6.56. The molecule has 0 saturated carbocycles. The molecule has 5 heteroatoms. The molecule has 0 amide bonds. The molecule has 0 unspecified atom stereocenters. The summed E-state index contributed by atoms with van der Waals surface area (Å²) in [5, 5.41) is 6.69. The number of H-pyrrole nitrogens is 1. The van der Waals surface area contributed by atoms with E-state index < -0.39 is 0 Å². The van der Waals surface area contributed by atoms with Crippen molar-refractivity contribution in [1.82, 2.24) is 20.1 Å². The van der Waals surface area contributed by atoms with Gasteiger partial charge in [0.2, 0.25) is 0 Å². The molecule has 1 aromatic carbocycles. The maximum Gasteiger partial charge on any atom is 0.155 e. The minimum Gasteiger partial charge on any atom is -0.492 e. The Bertz CT molecular complexity index is 489. The number of ether oxygens (including phenoxy) is 1. The fourth-order valence-corrected chi connectivity index (χ4v) is 2.35. The summed E-state index contributed by atoms with van der Waals surface area (Å²) >= 11 is 0. The molecule has 1 fully saturated rings. The first-order valence-corrected chi connectivity index (χ1v) is 6.73. The van der Waals surface area contributed by atoms with E-state index in [1.165, 1.54) is 32.3 Å². The van der Waals surface area contributed by atoms with Crippen LogP contribution >= 0.6 is 0 Å². The fourth-order valence-electron chi connectivity index (χ4n) is 2.35. The Hall–Kier alpha value is -1.88. The van der Waals surface area contributed by atoms with E-state index in [0.717, 1.165) is 30.3 Å². The summed E-state index contributed by atoms with van der Waals surface area (Å²) in [5.74, 6) is 1.69. The van der Waals surface area contributed by atoms with Crippen LogP contribution in [0.25, 0.3) is 11.4 Å². The summed E-state index contributed by atoms with van der Waals surface area (Å²) < 4.78 is 5.75. The maximum atomic E-state index is 5.75. The second-order valence-electron chi connectivity index (χ2n) is 4.76. The Morgan fingerprint density at radius 1 is 1.16 bits per heavy atom. The van der Waals surface area contributed by atoms with Gasteiger partial charge in [-0.3, -0.25) is 10.00 Å². The molecular formula is C14H18N4O. The molecule has 3 rings (SSSR count). The molecule has 1 N–H and O–H groups in total. The van der Waals surface area contributed by atoms with Gasteiger partial charge in [0.05, 0.1) is 0 Å². The first-order chi connectivity index (χ1) is 9.42. The topological polar surface area (TPSA) is 54.0 Å². The third kappa shape index (κ3) is 3.12. The average molecular weight is 258 g/mol. The SMILES string of the molecule is c1n[nH]c(-c2ccc(OCCN3CCCC3)cc2)n1. The van der Waals surface area contributed by atoms with Crippen LogP contribution in [0.4, 0.5) is 0 Å². The van der Waals surface area contributed by atoms with Crippen LogP contribution in [-0.2, 0) is 0 Å². The molecule has 0 aliphatic carbocycles. The molecule has 0 bridgehead atoms. The Morgan fingerprint density at radius 2 is 1.95 bits per heavy atom.